The van der Waals surface area contributed by atoms with Gasteiger partial charge < -0.3 is 4.74 Å². The molecule has 2 aromatic rings. The molecule has 0 spiro atoms. The molecule has 0 saturated carbocycles. The molecule has 1 aromatic carbocycles. The van der Waals surface area contributed by atoms with Gasteiger partial charge in [0.05, 0.1) is 6.61 Å². The van der Waals surface area contributed by atoms with Gasteiger partial charge in [0.15, 0.2) is 5.82 Å². The average Bonchev–Trinajstić information content (AvgIpc) is 2.79. The third-order valence-electron chi connectivity index (χ3n) is 1.99. The average molecular weight is 313 g/mol. The molecule has 4 nitrogen and oxygen atoms in total. The van der Waals surface area contributed by atoms with Crippen molar-refractivity contribution in [1.82, 2.24) is 9.36 Å². The highest BCUT2D eigenvalue weighted by Crippen LogP contribution is 2.26. The highest BCUT2D eigenvalue weighted by molar-refractivity contribution is 9.10. The van der Waals surface area contributed by atoms with E-state index in [1.165, 1.54) is 0 Å². The molecule has 0 N–H and O–H groups in total. The molecule has 0 atom stereocenters. The summed E-state index contributed by atoms with van der Waals surface area (Å²) < 4.78 is 9.91. The summed E-state index contributed by atoms with van der Waals surface area (Å²) in [5.41, 5.74) is 0.860. The zero-order valence-corrected chi connectivity index (χ0v) is 11.4. The van der Waals surface area contributed by atoms with E-state index in [0.29, 0.717) is 12.4 Å². The summed E-state index contributed by atoms with van der Waals surface area (Å²) in [6.07, 6.45) is 0. The van der Waals surface area contributed by atoms with Gasteiger partial charge in [-0.2, -0.15) is 4.37 Å². The van der Waals surface area contributed by atoms with Gasteiger partial charge in [0.2, 0.25) is 5.01 Å². The van der Waals surface area contributed by atoms with Crippen LogP contribution < -0.4 is 0 Å². The SMILES string of the molecule is CCOC(=O)c1nc(-c2ccccc2Br)ns1. The quantitative estimate of drug-likeness (QED) is 0.817. The Morgan fingerprint density at radius 1 is 1.47 bits per heavy atom. The molecule has 0 aliphatic heterocycles. The number of esters is 1. The molecule has 0 unspecified atom stereocenters. The molecule has 0 fully saturated rings. The molecule has 0 amide bonds. The van der Waals surface area contributed by atoms with Crippen LogP contribution in [-0.2, 0) is 4.74 Å². The molecule has 0 bridgehead atoms. The summed E-state index contributed by atoms with van der Waals surface area (Å²) in [6, 6.07) is 7.60. The second-order valence-electron chi connectivity index (χ2n) is 3.12. The first-order valence-corrected chi connectivity index (χ1v) is 6.54. The van der Waals surface area contributed by atoms with Crippen molar-refractivity contribution in [3.05, 3.63) is 33.7 Å². The molecule has 0 aliphatic rings. The van der Waals surface area contributed by atoms with E-state index < -0.39 is 5.97 Å². The lowest BCUT2D eigenvalue weighted by molar-refractivity contribution is 0.0526. The molecule has 0 saturated heterocycles. The van der Waals surface area contributed by atoms with Crippen molar-refractivity contribution in [2.75, 3.05) is 6.61 Å². The van der Waals surface area contributed by atoms with Crippen LogP contribution in [0.3, 0.4) is 0 Å². The number of aromatic nitrogens is 2. The lowest BCUT2D eigenvalue weighted by Gasteiger charge is -1.98. The van der Waals surface area contributed by atoms with E-state index in [1.807, 2.05) is 24.3 Å². The van der Waals surface area contributed by atoms with E-state index in [2.05, 4.69) is 25.3 Å². The van der Waals surface area contributed by atoms with Crippen molar-refractivity contribution >= 4 is 33.4 Å². The third-order valence-corrected chi connectivity index (χ3v) is 3.38. The molecule has 6 heteroatoms. The molecule has 1 aromatic heterocycles. The molecular formula is C11H9BrN2O2S. The van der Waals surface area contributed by atoms with Crippen molar-refractivity contribution in [2.24, 2.45) is 0 Å². The first-order chi connectivity index (χ1) is 8.22. The summed E-state index contributed by atoms with van der Waals surface area (Å²) in [6.45, 7) is 2.09. The summed E-state index contributed by atoms with van der Waals surface area (Å²) in [4.78, 5) is 15.6. The number of hydrogen-bond donors (Lipinski definition) is 0. The van der Waals surface area contributed by atoms with E-state index in [4.69, 9.17) is 4.74 Å². The maximum Gasteiger partial charge on any atom is 0.369 e. The number of benzene rings is 1. The first kappa shape index (κ1) is 12.2. The van der Waals surface area contributed by atoms with Gasteiger partial charge in [-0.25, -0.2) is 9.78 Å². The number of rotatable bonds is 3. The van der Waals surface area contributed by atoms with Gasteiger partial charge in [-0.05, 0) is 24.5 Å². The number of carbonyl (C=O) groups is 1. The highest BCUT2D eigenvalue weighted by atomic mass is 79.9. The Morgan fingerprint density at radius 2 is 2.24 bits per heavy atom. The van der Waals surface area contributed by atoms with Crippen LogP contribution in [0, 0.1) is 0 Å². The minimum Gasteiger partial charge on any atom is -0.461 e. The van der Waals surface area contributed by atoms with E-state index >= 15 is 0 Å². The molecule has 88 valence electrons. The minimum absolute atomic E-state index is 0.276. The molecule has 17 heavy (non-hydrogen) atoms. The van der Waals surface area contributed by atoms with Gasteiger partial charge >= 0.3 is 5.97 Å². The summed E-state index contributed by atoms with van der Waals surface area (Å²) >= 11 is 4.46. The zero-order valence-electron chi connectivity index (χ0n) is 9.01. The molecule has 0 radical (unpaired) electrons. The van der Waals surface area contributed by atoms with Crippen LogP contribution in [0.2, 0.25) is 0 Å². The monoisotopic (exact) mass is 312 g/mol. The van der Waals surface area contributed by atoms with Crippen molar-refractivity contribution < 1.29 is 9.53 Å². The summed E-state index contributed by atoms with van der Waals surface area (Å²) in [5.74, 6) is 0.105. The van der Waals surface area contributed by atoms with Crippen LogP contribution in [0.5, 0.6) is 0 Å². The predicted molar refractivity (Wildman–Crippen MR) is 69.0 cm³/mol. The van der Waals surface area contributed by atoms with Crippen molar-refractivity contribution in [3.8, 4) is 11.4 Å². The van der Waals surface area contributed by atoms with Gasteiger partial charge in [0.25, 0.3) is 0 Å². The maximum absolute atomic E-state index is 11.4. The normalized spacial score (nSPS) is 10.2. The van der Waals surface area contributed by atoms with Crippen LogP contribution in [0.1, 0.15) is 16.7 Å². The Kier molecular flexibility index (Phi) is 3.86. The van der Waals surface area contributed by atoms with E-state index in [0.717, 1.165) is 21.6 Å². The van der Waals surface area contributed by atoms with Gasteiger partial charge in [0, 0.05) is 10.0 Å². The van der Waals surface area contributed by atoms with Crippen molar-refractivity contribution in [1.29, 1.82) is 0 Å². The van der Waals surface area contributed by atoms with Crippen molar-refractivity contribution in [3.63, 3.8) is 0 Å². The van der Waals surface area contributed by atoms with E-state index in [-0.39, 0.29) is 5.01 Å². The second-order valence-corrected chi connectivity index (χ2v) is 4.73. The Morgan fingerprint density at radius 3 is 2.94 bits per heavy atom. The fraction of sp³-hybridized carbons (Fsp3) is 0.182. The Balaban J connectivity index is 2.30. The largest absolute Gasteiger partial charge is 0.461 e. The van der Waals surface area contributed by atoms with Crippen molar-refractivity contribution in [2.45, 2.75) is 6.92 Å². The van der Waals surface area contributed by atoms with Crippen LogP contribution in [0.4, 0.5) is 0 Å². The lowest BCUT2D eigenvalue weighted by atomic mass is 10.2. The first-order valence-electron chi connectivity index (χ1n) is 4.98. The van der Waals surface area contributed by atoms with Crippen LogP contribution in [0.25, 0.3) is 11.4 Å². The minimum atomic E-state index is -0.427. The van der Waals surface area contributed by atoms with Crippen LogP contribution in [-0.4, -0.2) is 21.9 Å². The maximum atomic E-state index is 11.4. The lowest BCUT2D eigenvalue weighted by Crippen LogP contribution is -2.03. The van der Waals surface area contributed by atoms with Crippen LogP contribution in [0.15, 0.2) is 28.7 Å². The Hall–Kier alpha value is -1.27. The van der Waals surface area contributed by atoms with E-state index in [9.17, 15) is 4.79 Å². The highest BCUT2D eigenvalue weighted by Gasteiger charge is 2.15. The smallest absolute Gasteiger partial charge is 0.369 e. The second kappa shape index (κ2) is 5.37. The fourth-order valence-electron chi connectivity index (χ4n) is 1.25. The Labute approximate surface area is 111 Å². The predicted octanol–water partition coefficient (Wildman–Crippen LogP) is 3.14. The number of ether oxygens (including phenoxy) is 1. The van der Waals surface area contributed by atoms with Crippen LogP contribution >= 0.6 is 27.5 Å². The standard InChI is InChI=1S/C11H9BrN2O2S/c1-2-16-11(15)10-13-9(14-17-10)7-5-3-4-6-8(7)12/h3-6H,2H2,1H3. The van der Waals surface area contributed by atoms with Gasteiger partial charge in [-0.3, -0.25) is 0 Å². The Bertz CT molecular complexity index is 542. The fourth-order valence-corrected chi connectivity index (χ4v) is 2.29. The number of carbonyl (C=O) groups excluding carboxylic acids is 1. The topological polar surface area (TPSA) is 52.1 Å². The molecule has 1 heterocycles. The summed E-state index contributed by atoms with van der Waals surface area (Å²) in [7, 11) is 0. The van der Waals surface area contributed by atoms with Gasteiger partial charge in [0.1, 0.15) is 0 Å². The number of halogens is 1. The third kappa shape index (κ3) is 2.70. The number of nitrogens with zero attached hydrogens (tertiary/aromatic N) is 2. The number of hydrogen-bond acceptors (Lipinski definition) is 5. The van der Waals surface area contributed by atoms with E-state index in [1.54, 1.807) is 6.92 Å². The molecule has 0 aliphatic carbocycles. The van der Waals surface area contributed by atoms with Gasteiger partial charge in [-0.15, -0.1) is 0 Å². The molecule has 2 rings (SSSR count). The summed E-state index contributed by atoms with van der Waals surface area (Å²) in [5, 5.41) is 0.276. The molecular weight excluding hydrogens is 304 g/mol. The zero-order chi connectivity index (χ0) is 12.3. The van der Waals surface area contributed by atoms with Gasteiger partial charge in [-0.1, -0.05) is 34.1 Å².